The summed E-state index contributed by atoms with van der Waals surface area (Å²) in [5.74, 6) is 11.4. The van der Waals surface area contributed by atoms with Gasteiger partial charge >= 0.3 is 0 Å². The lowest BCUT2D eigenvalue weighted by molar-refractivity contribution is -0.118. The van der Waals surface area contributed by atoms with Crippen molar-refractivity contribution < 1.29 is 28.6 Å². The van der Waals surface area contributed by atoms with Gasteiger partial charge < -0.3 is 14.2 Å². The lowest BCUT2D eigenvalue weighted by Gasteiger charge is -2.40. The fraction of sp³-hybridized carbons (Fsp3) is 0.440. The second-order valence-corrected chi connectivity index (χ2v) is 41.5. The van der Waals surface area contributed by atoms with Crippen LogP contribution in [-0.4, -0.2) is 31.6 Å². The first-order chi connectivity index (χ1) is 56.2. The molecule has 12 aliphatic carbocycles. The van der Waals surface area contributed by atoms with Gasteiger partial charge in [-0.2, -0.15) is 0 Å². The zero-order valence-corrected chi connectivity index (χ0v) is 73.5. The molecule has 0 unspecified atom stereocenters. The molecule has 5 fully saturated rings. The molecule has 22 rings (SSSR count). The molecule has 12 aliphatic rings. The molecule has 0 heterocycles. The Bertz CT molecular complexity index is 5690. The fourth-order valence-corrected chi connectivity index (χ4v) is 27.5. The highest BCUT2D eigenvalue weighted by molar-refractivity contribution is 9.10. The number of para-hydroxylation sites is 1. The summed E-state index contributed by atoms with van der Waals surface area (Å²) in [6.45, 7) is 24.1. The van der Waals surface area contributed by atoms with Gasteiger partial charge in [-0.3, -0.25) is 14.4 Å². The summed E-state index contributed by atoms with van der Waals surface area (Å²) in [5.41, 5.74) is 23.2. The van der Waals surface area contributed by atoms with Crippen molar-refractivity contribution in [3.8, 4) is 34.1 Å². The van der Waals surface area contributed by atoms with Crippen molar-refractivity contribution in [1.82, 2.24) is 0 Å². The number of ether oxygens (including phenoxy) is 3. The maximum absolute atomic E-state index is 13.2. The zero-order chi connectivity index (χ0) is 81.4. The van der Waals surface area contributed by atoms with E-state index in [4.69, 9.17) is 25.8 Å². The third kappa shape index (κ3) is 14.4. The molecular formula is C109H118BrClO6. The molecule has 0 radical (unpaired) electrons. The van der Waals surface area contributed by atoms with Crippen molar-refractivity contribution in [2.45, 2.75) is 228 Å². The van der Waals surface area contributed by atoms with Crippen LogP contribution in [0, 0.1) is 62.6 Å². The fourth-order valence-electron chi connectivity index (χ4n) is 26.5. The Hall–Kier alpha value is -8.36. The van der Waals surface area contributed by atoms with E-state index in [9.17, 15) is 14.4 Å². The van der Waals surface area contributed by atoms with Crippen LogP contribution in [0.25, 0.3) is 49.0 Å². The Morgan fingerprint density at radius 3 is 1.56 bits per heavy atom. The number of aryl methyl sites for hydroxylation is 2. The normalized spacial score (nSPS) is 30.1. The number of halogens is 2. The number of benzene rings is 10. The first-order valence-electron chi connectivity index (χ1n) is 44.4. The molecule has 604 valence electrons. The van der Waals surface area contributed by atoms with Gasteiger partial charge in [0.1, 0.15) is 28.8 Å². The number of Topliss-reactive ketones (excluding diaryl/α,β-unsaturated/α-hetero) is 2. The summed E-state index contributed by atoms with van der Waals surface area (Å²) >= 11 is 10.4. The SMILES string of the molecule is COc1ccc(-c2cc3c(c4ccccc24)CC[C@]2(C)C[C@H](C)C[C@@H]32)cc1.COc1ccc2c(Br)cc3c(c2c1)CC[C@]1(C)C[C@H](C)C[C@@H]31.C[C@H]1C[C@@H]2C3=CC(=O)c4ccccc4C3=CC[C@@]2(C)C1.C[C@H]1C[C@@H]2c3cc(Cl)c4c(c3CC[C@@]2(C)C1)CC(=O)CC4.C[C@H]1C[C@@H]2c3cc(Oc4ccccc4)c4ccccc4c3C(=O)C[C@@]2(C)C1. The number of fused-ring (bicyclic) bond motifs is 25. The molecule has 10 aromatic carbocycles. The number of methoxy groups -OCH3 is 2. The smallest absolute Gasteiger partial charge is 0.186 e. The molecule has 0 bridgehead atoms. The molecule has 117 heavy (non-hydrogen) atoms. The van der Waals surface area contributed by atoms with E-state index in [1.54, 1.807) is 36.5 Å². The third-order valence-corrected chi connectivity index (χ3v) is 32.6. The summed E-state index contributed by atoms with van der Waals surface area (Å²) in [6, 6.07) is 59.5. The lowest BCUT2D eigenvalue weighted by Crippen LogP contribution is -2.30. The summed E-state index contributed by atoms with van der Waals surface area (Å²) in [6.07, 6.45) is 28.6. The Morgan fingerprint density at radius 2 is 0.923 bits per heavy atom. The maximum Gasteiger partial charge on any atom is 0.186 e. The second kappa shape index (κ2) is 31.0. The van der Waals surface area contributed by atoms with Gasteiger partial charge in [-0.05, 0) is 379 Å². The van der Waals surface area contributed by atoms with Gasteiger partial charge in [-0.25, -0.2) is 0 Å². The van der Waals surface area contributed by atoms with E-state index in [2.05, 4.69) is 200 Å². The highest BCUT2D eigenvalue weighted by Gasteiger charge is 2.53. The quantitative estimate of drug-likeness (QED) is 0.171. The number of carbonyl (C=O) groups is 3. The number of hydrogen-bond donors (Lipinski definition) is 0. The molecule has 0 amide bonds. The van der Waals surface area contributed by atoms with Gasteiger partial charge in [0.05, 0.1) is 14.2 Å². The van der Waals surface area contributed by atoms with E-state index in [1.165, 1.54) is 160 Å². The van der Waals surface area contributed by atoms with Crippen molar-refractivity contribution in [3.05, 3.63) is 264 Å². The van der Waals surface area contributed by atoms with Crippen LogP contribution in [-0.2, 0) is 36.9 Å². The minimum absolute atomic E-state index is 0.0793. The maximum atomic E-state index is 13.2. The van der Waals surface area contributed by atoms with Crippen LogP contribution in [0.5, 0.6) is 23.0 Å². The van der Waals surface area contributed by atoms with Crippen LogP contribution >= 0.6 is 27.5 Å². The molecule has 10 aromatic rings. The van der Waals surface area contributed by atoms with Crippen LogP contribution < -0.4 is 14.2 Å². The second-order valence-electron chi connectivity index (χ2n) is 40.2. The van der Waals surface area contributed by atoms with Gasteiger partial charge in [0.25, 0.3) is 0 Å². The molecule has 0 N–H and O–H groups in total. The van der Waals surface area contributed by atoms with E-state index >= 15 is 0 Å². The van der Waals surface area contributed by atoms with Crippen LogP contribution in [0.4, 0.5) is 0 Å². The van der Waals surface area contributed by atoms with Crippen molar-refractivity contribution in [1.29, 1.82) is 0 Å². The molecule has 0 aromatic heterocycles. The topological polar surface area (TPSA) is 78.9 Å². The molecule has 0 aliphatic heterocycles. The number of carbonyl (C=O) groups excluding carboxylic acids is 3. The van der Waals surface area contributed by atoms with Gasteiger partial charge in [-0.15, -0.1) is 0 Å². The van der Waals surface area contributed by atoms with Crippen molar-refractivity contribution in [2.24, 2.45) is 62.6 Å². The van der Waals surface area contributed by atoms with Gasteiger partial charge in [0.2, 0.25) is 0 Å². The van der Waals surface area contributed by atoms with Crippen molar-refractivity contribution in [2.75, 3.05) is 14.2 Å². The lowest BCUT2D eigenvalue weighted by atomic mass is 9.65. The van der Waals surface area contributed by atoms with E-state index in [0.29, 0.717) is 82.1 Å². The van der Waals surface area contributed by atoms with Crippen LogP contribution in [0.1, 0.15) is 272 Å². The number of ketones is 3. The van der Waals surface area contributed by atoms with Gasteiger partial charge in [-0.1, -0.05) is 206 Å². The first-order valence-corrected chi connectivity index (χ1v) is 45.6. The van der Waals surface area contributed by atoms with E-state index in [-0.39, 0.29) is 11.2 Å². The van der Waals surface area contributed by atoms with E-state index in [1.807, 2.05) is 66.7 Å². The van der Waals surface area contributed by atoms with Crippen LogP contribution in [0.15, 0.2) is 192 Å². The minimum Gasteiger partial charge on any atom is -0.497 e. The van der Waals surface area contributed by atoms with E-state index in [0.717, 1.165) is 117 Å². The molecule has 8 heteroatoms. The summed E-state index contributed by atoms with van der Waals surface area (Å²) in [5, 5.41) is 8.51. The molecule has 5 saturated carbocycles. The Labute approximate surface area is 708 Å². The Balaban J connectivity index is 0.000000101. The highest BCUT2D eigenvalue weighted by atomic mass is 79.9. The first kappa shape index (κ1) is 79.7. The zero-order valence-electron chi connectivity index (χ0n) is 71.1. The average molecular weight is 1640 g/mol. The molecule has 0 spiro atoms. The predicted molar refractivity (Wildman–Crippen MR) is 485 cm³/mol. The summed E-state index contributed by atoms with van der Waals surface area (Å²) in [7, 11) is 3.48. The van der Waals surface area contributed by atoms with Crippen LogP contribution in [0.3, 0.4) is 0 Å². The molecular weight excluding hydrogens is 1520 g/mol. The third-order valence-electron chi connectivity index (χ3n) is 31.6. The van der Waals surface area contributed by atoms with Gasteiger partial charge in [0, 0.05) is 45.3 Å². The van der Waals surface area contributed by atoms with Crippen LogP contribution in [0.2, 0.25) is 5.02 Å². The average Bonchev–Trinajstić information content (AvgIpc) is 1.74. The van der Waals surface area contributed by atoms with E-state index < -0.39 is 0 Å². The number of hydrogen-bond acceptors (Lipinski definition) is 6. The Kier molecular flexibility index (Phi) is 21.1. The standard InChI is InChI=1S/C26H28O.C25H24O2.C20H23BrO.C19H23ClO.C19H20O/c1-17-14-25-24-15-23(18-8-10-19(27-3)11-9-18)21-7-5-4-6-20(21)22(24)12-13-26(25,2)16-17;1-16-12-21-20-13-23(27-17-8-4-3-5-9-17)18-10-6-7-11-19(18)24(20)22(26)15-25(21,2)14-16;1-12-8-18-17-10-19(21)15-5-4-13(22-3)9-16(15)14(17)6-7-20(18,2)11-12;1-11-7-17-16-9-18(20)14-4-3-12(21)8-15(14)13(16)5-6-19(17,2)10-11;1-12-9-17-16-10-18(20)15-6-4-3-5-13(15)14(16)7-8-19(17,2)11-12/h4-11,15,17,25H,12-14,16H2,1-3H3;3-11,13,16,21H,12,14-15H2,1-2H3;4-5,9-10,12,18H,6-8,11H2,1-3H3;9,11,17H,3-8,10H2,1-2H3;3-7,10,12,17H,8-9,11H2,1-2H3/t17-,25+,26-;16-,21+,25+;12-,18+,20-;11-,17+,19-;12-,17+,19-/m10100/s1. The molecule has 6 nitrogen and oxygen atoms in total. The van der Waals surface area contributed by atoms with Crippen molar-refractivity contribution >= 4 is 82.8 Å². The predicted octanol–water partition coefficient (Wildman–Crippen LogP) is 29.3. The van der Waals surface area contributed by atoms with Gasteiger partial charge in [0.15, 0.2) is 11.6 Å². The molecule has 15 atom stereocenters. The summed E-state index contributed by atoms with van der Waals surface area (Å²) in [4.78, 5) is 37.5. The number of allylic oxidation sites excluding steroid dienone is 4. The Morgan fingerprint density at radius 1 is 0.410 bits per heavy atom. The van der Waals surface area contributed by atoms with Crippen molar-refractivity contribution in [3.63, 3.8) is 0 Å². The minimum atomic E-state index is 0.0793. The monoisotopic (exact) mass is 1640 g/mol. The highest BCUT2D eigenvalue weighted by Crippen LogP contribution is 2.65. The number of rotatable bonds is 5. The molecule has 0 saturated heterocycles. The summed E-state index contributed by atoms with van der Waals surface area (Å²) < 4.78 is 18.3. The largest absolute Gasteiger partial charge is 0.497 e.